The van der Waals surface area contributed by atoms with Gasteiger partial charge in [0, 0.05) is 12.1 Å². The highest BCUT2D eigenvalue weighted by Gasteiger charge is 2.16. The number of aryl methyl sites for hydroxylation is 1. The van der Waals surface area contributed by atoms with Crippen LogP contribution in [0.3, 0.4) is 0 Å². The van der Waals surface area contributed by atoms with Crippen molar-refractivity contribution in [3.05, 3.63) is 47.5 Å². The zero-order chi connectivity index (χ0) is 17.8. The molecule has 0 saturated heterocycles. The van der Waals surface area contributed by atoms with Gasteiger partial charge in [-0.05, 0) is 42.3 Å². The predicted octanol–water partition coefficient (Wildman–Crippen LogP) is 3.10. The number of carbonyl (C=O) groups is 1. The van der Waals surface area contributed by atoms with Gasteiger partial charge in [-0.2, -0.15) is 0 Å². The predicted molar refractivity (Wildman–Crippen MR) is 91.5 cm³/mol. The maximum atomic E-state index is 12.1. The third-order valence-corrected chi connectivity index (χ3v) is 3.67. The van der Waals surface area contributed by atoms with Crippen LogP contribution in [-0.2, 0) is 4.79 Å². The second kappa shape index (κ2) is 7.17. The van der Waals surface area contributed by atoms with E-state index in [9.17, 15) is 9.90 Å². The summed E-state index contributed by atoms with van der Waals surface area (Å²) < 4.78 is 21.4. The molecule has 25 heavy (non-hydrogen) atoms. The highest BCUT2D eigenvalue weighted by molar-refractivity contribution is 5.89. The van der Waals surface area contributed by atoms with Crippen LogP contribution in [-0.4, -0.2) is 31.4 Å². The lowest BCUT2D eigenvalue weighted by molar-refractivity contribution is -0.128. The Labute approximate surface area is 145 Å². The molecule has 0 unspecified atom stereocenters. The number of esters is 1. The van der Waals surface area contributed by atoms with Gasteiger partial charge in [0.25, 0.3) is 0 Å². The number of methoxy groups -OCH3 is 1. The molecule has 0 spiro atoms. The number of benzene rings is 2. The van der Waals surface area contributed by atoms with Gasteiger partial charge in [-0.15, -0.1) is 0 Å². The van der Waals surface area contributed by atoms with Gasteiger partial charge in [0.05, 0.1) is 7.11 Å². The fourth-order valence-electron chi connectivity index (χ4n) is 2.39. The first-order valence-corrected chi connectivity index (χ1v) is 7.74. The van der Waals surface area contributed by atoms with Crippen molar-refractivity contribution in [3.8, 4) is 28.7 Å². The van der Waals surface area contributed by atoms with Crippen LogP contribution in [0, 0.1) is 6.92 Å². The molecule has 1 N–H and O–H groups in total. The van der Waals surface area contributed by atoms with E-state index in [0.717, 1.165) is 5.56 Å². The Balaban J connectivity index is 1.72. The molecule has 0 aliphatic carbocycles. The molecule has 130 valence electrons. The Bertz CT molecular complexity index is 825. The van der Waals surface area contributed by atoms with E-state index in [1.54, 1.807) is 30.3 Å². The standard InChI is InChI=1S/C19H18O6/c1-12-9-17-18(24-8-7-23-17)11-15(12)25-19(21)6-4-13-3-5-14(20)16(10-13)22-2/h3-6,9-11,20H,7-8H2,1-2H3. The molecule has 0 atom stereocenters. The van der Waals surface area contributed by atoms with Crippen LogP contribution in [0.4, 0.5) is 0 Å². The number of aromatic hydroxyl groups is 1. The number of carbonyl (C=O) groups excluding carboxylic acids is 1. The molecule has 0 radical (unpaired) electrons. The Hall–Kier alpha value is -3.15. The van der Waals surface area contributed by atoms with Crippen molar-refractivity contribution >= 4 is 12.0 Å². The summed E-state index contributed by atoms with van der Waals surface area (Å²) in [6, 6.07) is 8.21. The molecule has 0 amide bonds. The molecule has 0 saturated carbocycles. The van der Waals surface area contributed by atoms with Gasteiger partial charge in [-0.3, -0.25) is 0 Å². The van der Waals surface area contributed by atoms with Gasteiger partial charge < -0.3 is 24.1 Å². The molecule has 1 aliphatic heterocycles. The van der Waals surface area contributed by atoms with Crippen molar-refractivity contribution in [1.82, 2.24) is 0 Å². The van der Waals surface area contributed by atoms with E-state index in [2.05, 4.69) is 0 Å². The number of fused-ring (bicyclic) bond motifs is 1. The van der Waals surface area contributed by atoms with Gasteiger partial charge in [0.1, 0.15) is 19.0 Å². The lowest BCUT2D eigenvalue weighted by atomic mass is 10.2. The summed E-state index contributed by atoms with van der Waals surface area (Å²) in [5.41, 5.74) is 1.47. The smallest absolute Gasteiger partial charge is 0.336 e. The SMILES string of the molecule is COc1cc(C=CC(=O)Oc2cc3c(cc2C)OCCO3)ccc1O. The maximum Gasteiger partial charge on any atom is 0.336 e. The van der Waals surface area contributed by atoms with Crippen LogP contribution in [0.2, 0.25) is 0 Å². The quantitative estimate of drug-likeness (QED) is 0.523. The van der Waals surface area contributed by atoms with Gasteiger partial charge in [0.2, 0.25) is 0 Å². The second-order valence-corrected chi connectivity index (χ2v) is 5.45. The van der Waals surface area contributed by atoms with Crippen molar-refractivity contribution in [2.24, 2.45) is 0 Å². The summed E-state index contributed by atoms with van der Waals surface area (Å²) in [5.74, 6) is 1.48. The Morgan fingerprint density at radius 1 is 1.12 bits per heavy atom. The third-order valence-electron chi connectivity index (χ3n) is 3.67. The number of hydrogen-bond acceptors (Lipinski definition) is 6. The highest BCUT2D eigenvalue weighted by atomic mass is 16.6. The number of phenolic OH excluding ortho intramolecular Hbond substituents is 1. The summed E-state index contributed by atoms with van der Waals surface area (Å²) >= 11 is 0. The Morgan fingerprint density at radius 3 is 2.56 bits per heavy atom. The molecule has 6 nitrogen and oxygen atoms in total. The van der Waals surface area contributed by atoms with Gasteiger partial charge >= 0.3 is 5.97 Å². The first-order chi connectivity index (χ1) is 12.1. The van der Waals surface area contributed by atoms with E-state index < -0.39 is 5.97 Å². The van der Waals surface area contributed by atoms with E-state index in [1.807, 2.05) is 6.92 Å². The van der Waals surface area contributed by atoms with Crippen LogP contribution in [0.1, 0.15) is 11.1 Å². The highest BCUT2D eigenvalue weighted by Crippen LogP contribution is 2.36. The summed E-state index contributed by atoms with van der Waals surface area (Å²) in [6.07, 6.45) is 2.89. The van der Waals surface area contributed by atoms with Crippen LogP contribution >= 0.6 is 0 Å². The van der Waals surface area contributed by atoms with Crippen molar-refractivity contribution in [1.29, 1.82) is 0 Å². The largest absolute Gasteiger partial charge is 0.504 e. The minimum Gasteiger partial charge on any atom is -0.504 e. The van der Waals surface area contributed by atoms with E-state index in [0.29, 0.717) is 41.8 Å². The van der Waals surface area contributed by atoms with E-state index >= 15 is 0 Å². The zero-order valence-corrected chi connectivity index (χ0v) is 13.9. The third kappa shape index (κ3) is 3.85. The lowest BCUT2D eigenvalue weighted by Gasteiger charge is -2.19. The molecular weight excluding hydrogens is 324 g/mol. The summed E-state index contributed by atoms with van der Waals surface area (Å²) in [6.45, 7) is 2.80. The Kier molecular flexibility index (Phi) is 4.79. The summed E-state index contributed by atoms with van der Waals surface area (Å²) in [7, 11) is 1.46. The molecule has 1 aliphatic rings. The van der Waals surface area contributed by atoms with E-state index in [1.165, 1.54) is 19.3 Å². The van der Waals surface area contributed by atoms with Crippen molar-refractivity contribution in [2.45, 2.75) is 6.92 Å². The minimum absolute atomic E-state index is 0.0362. The van der Waals surface area contributed by atoms with Crippen molar-refractivity contribution < 1.29 is 28.8 Å². The summed E-state index contributed by atoms with van der Waals surface area (Å²) in [4.78, 5) is 12.1. The second-order valence-electron chi connectivity index (χ2n) is 5.45. The monoisotopic (exact) mass is 342 g/mol. The van der Waals surface area contributed by atoms with Crippen molar-refractivity contribution in [3.63, 3.8) is 0 Å². The van der Waals surface area contributed by atoms with Gasteiger partial charge in [-0.25, -0.2) is 4.79 Å². The topological polar surface area (TPSA) is 74.2 Å². The molecule has 2 aromatic rings. The number of rotatable bonds is 4. The molecule has 0 aromatic heterocycles. The first kappa shape index (κ1) is 16.7. The normalized spacial score (nSPS) is 12.9. The molecule has 6 heteroatoms. The maximum absolute atomic E-state index is 12.1. The Morgan fingerprint density at radius 2 is 1.84 bits per heavy atom. The van der Waals surface area contributed by atoms with Crippen LogP contribution in [0.25, 0.3) is 6.08 Å². The zero-order valence-electron chi connectivity index (χ0n) is 13.9. The van der Waals surface area contributed by atoms with Gasteiger partial charge in [-0.1, -0.05) is 6.07 Å². The number of hydrogen-bond donors (Lipinski definition) is 1. The fraction of sp³-hybridized carbons (Fsp3) is 0.211. The molecule has 0 fully saturated rings. The summed E-state index contributed by atoms with van der Waals surface area (Å²) in [5, 5.41) is 9.57. The average molecular weight is 342 g/mol. The molecule has 3 rings (SSSR count). The minimum atomic E-state index is -0.521. The fourth-order valence-corrected chi connectivity index (χ4v) is 2.39. The van der Waals surface area contributed by atoms with Crippen LogP contribution in [0.15, 0.2) is 36.4 Å². The lowest BCUT2D eigenvalue weighted by Crippen LogP contribution is -2.16. The number of ether oxygens (including phenoxy) is 4. The molecule has 0 bridgehead atoms. The molecule has 2 aromatic carbocycles. The van der Waals surface area contributed by atoms with Gasteiger partial charge in [0.15, 0.2) is 23.0 Å². The molecule has 1 heterocycles. The van der Waals surface area contributed by atoms with E-state index in [4.69, 9.17) is 18.9 Å². The van der Waals surface area contributed by atoms with Crippen molar-refractivity contribution in [2.75, 3.05) is 20.3 Å². The first-order valence-electron chi connectivity index (χ1n) is 7.74. The average Bonchev–Trinajstić information content (AvgIpc) is 2.61. The van der Waals surface area contributed by atoms with E-state index in [-0.39, 0.29) is 5.75 Å². The molecular formula is C19H18O6. The van der Waals surface area contributed by atoms with Crippen LogP contribution < -0.4 is 18.9 Å². The van der Waals surface area contributed by atoms with Crippen LogP contribution in [0.5, 0.6) is 28.7 Å². The number of phenols is 1.